The van der Waals surface area contributed by atoms with Gasteiger partial charge < -0.3 is 10.2 Å². The van der Waals surface area contributed by atoms with Crippen LogP contribution in [0.1, 0.15) is 64.7 Å². The number of nitrogens with one attached hydrogen (secondary N) is 2. The highest BCUT2D eigenvalue weighted by Crippen LogP contribution is 2.42. The minimum atomic E-state index is -0.152. The Hall–Kier alpha value is -1.10. The van der Waals surface area contributed by atoms with Gasteiger partial charge >= 0.3 is 6.03 Å². The predicted molar refractivity (Wildman–Crippen MR) is 87.1 cm³/mol. The summed E-state index contributed by atoms with van der Waals surface area (Å²) < 4.78 is 0. The number of amides is 2. The van der Waals surface area contributed by atoms with Gasteiger partial charge in [0.2, 0.25) is 0 Å². The van der Waals surface area contributed by atoms with Crippen LogP contribution < -0.4 is 10.6 Å². The molecule has 1 spiro atoms. The van der Waals surface area contributed by atoms with Crippen molar-refractivity contribution in [1.82, 2.24) is 15.5 Å². The van der Waals surface area contributed by atoms with E-state index in [1.807, 2.05) is 0 Å². The van der Waals surface area contributed by atoms with E-state index in [1.165, 1.54) is 32.1 Å². The third-order valence-electron chi connectivity index (χ3n) is 5.82. The Bertz CT molecular complexity index is 481. The maximum atomic E-state index is 12.6. The molecular formula is C17H28N4O. The molecule has 2 amide bonds. The van der Waals surface area contributed by atoms with Gasteiger partial charge in [0.15, 0.2) is 0 Å². The largest absolute Gasteiger partial charge is 0.323 e. The van der Waals surface area contributed by atoms with Crippen molar-refractivity contribution in [2.45, 2.75) is 88.4 Å². The van der Waals surface area contributed by atoms with Crippen molar-refractivity contribution >= 4 is 11.9 Å². The highest BCUT2D eigenvalue weighted by Gasteiger charge is 2.56. The molecular weight excluding hydrogens is 276 g/mol. The molecule has 2 saturated carbocycles. The second-order valence-corrected chi connectivity index (χ2v) is 7.64. The fourth-order valence-electron chi connectivity index (χ4n) is 4.62. The van der Waals surface area contributed by atoms with Crippen molar-refractivity contribution < 1.29 is 4.79 Å². The molecule has 0 radical (unpaired) electrons. The summed E-state index contributed by atoms with van der Waals surface area (Å²) in [5.41, 5.74) is -0.152. The molecule has 2 atom stereocenters. The number of rotatable bonds is 2. The van der Waals surface area contributed by atoms with Crippen molar-refractivity contribution in [3.63, 3.8) is 0 Å². The molecule has 4 rings (SSSR count). The maximum absolute atomic E-state index is 12.6. The molecule has 2 unspecified atom stereocenters. The average molecular weight is 304 g/mol. The first-order chi connectivity index (χ1) is 10.7. The molecule has 5 heteroatoms. The van der Waals surface area contributed by atoms with E-state index >= 15 is 0 Å². The van der Waals surface area contributed by atoms with Crippen LogP contribution in [-0.4, -0.2) is 47.0 Å². The van der Waals surface area contributed by atoms with Crippen LogP contribution in [0.2, 0.25) is 0 Å². The van der Waals surface area contributed by atoms with Gasteiger partial charge in [-0.3, -0.25) is 10.3 Å². The van der Waals surface area contributed by atoms with Crippen molar-refractivity contribution in [2.24, 2.45) is 4.99 Å². The zero-order valence-electron chi connectivity index (χ0n) is 13.6. The van der Waals surface area contributed by atoms with Crippen LogP contribution >= 0.6 is 0 Å². The van der Waals surface area contributed by atoms with Crippen molar-refractivity contribution in [3.05, 3.63) is 0 Å². The Morgan fingerprint density at radius 2 is 1.95 bits per heavy atom. The summed E-state index contributed by atoms with van der Waals surface area (Å²) in [7, 11) is 0. The van der Waals surface area contributed by atoms with Gasteiger partial charge in [0, 0.05) is 12.1 Å². The minimum Gasteiger partial charge on any atom is -0.314 e. The molecule has 2 aliphatic carbocycles. The maximum Gasteiger partial charge on any atom is 0.323 e. The van der Waals surface area contributed by atoms with E-state index < -0.39 is 0 Å². The van der Waals surface area contributed by atoms with Crippen LogP contribution in [0.3, 0.4) is 0 Å². The summed E-state index contributed by atoms with van der Waals surface area (Å²) in [6.45, 7) is 3.20. The lowest BCUT2D eigenvalue weighted by atomic mass is 9.82. The van der Waals surface area contributed by atoms with E-state index in [9.17, 15) is 4.79 Å². The Balaban J connectivity index is 1.66. The molecule has 4 fully saturated rings. The highest BCUT2D eigenvalue weighted by molar-refractivity contribution is 6.10. The quantitative estimate of drug-likeness (QED) is 0.823. The van der Waals surface area contributed by atoms with Gasteiger partial charge in [-0.1, -0.05) is 19.3 Å². The van der Waals surface area contributed by atoms with Crippen molar-refractivity contribution in [3.8, 4) is 0 Å². The summed E-state index contributed by atoms with van der Waals surface area (Å²) in [6, 6.07) is 1.42. The molecule has 2 N–H and O–H groups in total. The number of piperidine rings is 1. The van der Waals surface area contributed by atoms with E-state index in [1.54, 1.807) is 0 Å². The number of hydrogen-bond donors (Lipinski definition) is 2. The Labute approximate surface area is 132 Å². The van der Waals surface area contributed by atoms with Crippen LogP contribution in [0, 0.1) is 0 Å². The molecule has 4 aliphatic rings. The molecule has 122 valence electrons. The second kappa shape index (κ2) is 5.52. The zero-order valence-corrected chi connectivity index (χ0v) is 13.6. The van der Waals surface area contributed by atoms with Gasteiger partial charge in [-0.25, -0.2) is 4.79 Å². The smallest absolute Gasteiger partial charge is 0.314 e. The number of carbonyl (C=O) groups is 1. The molecule has 0 bridgehead atoms. The van der Waals surface area contributed by atoms with E-state index in [4.69, 9.17) is 4.99 Å². The third kappa shape index (κ3) is 2.43. The lowest BCUT2D eigenvalue weighted by Gasteiger charge is -2.43. The SMILES string of the molecule is CC1CC2(CCN1)C(=NC1CCCCC1)NC(=O)N2C1CC1. The van der Waals surface area contributed by atoms with E-state index in [0.717, 1.165) is 38.1 Å². The monoisotopic (exact) mass is 304 g/mol. The van der Waals surface area contributed by atoms with Gasteiger partial charge in [-0.15, -0.1) is 0 Å². The average Bonchev–Trinajstić information content (AvgIpc) is 3.29. The van der Waals surface area contributed by atoms with Crippen LogP contribution in [0.5, 0.6) is 0 Å². The molecule has 2 heterocycles. The van der Waals surface area contributed by atoms with Crippen molar-refractivity contribution in [2.75, 3.05) is 6.54 Å². The Morgan fingerprint density at radius 1 is 1.18 bits per heavy atom. The van der Waals surface area contributed by atoms with Crippen LogP contribution in [-0.2, 0) is 0 Å². The molecule has 0 aromatic carbocycles. The van der Waals surface area contributed by atoms with Gasteiger partial charge in [0.1, 0.15) is 11.4 Å². The summed E-state index contributed by atoms with van der Waals surface area (Å²) >= 11 is 0. The number of carbonyl (C=O) groups excluding carboxylic acids is 1. The minimum absolute atomic E-state index is 0.103. The first-order valence-electron chi connectivity index (χ1n) is 9.11. The van der Waals surface area contributed by atoms with Gasteiger partial charge in [0.05, 0.1) is 6.04 Å². The summed E-state index contributed by atoms with van der Waals surface area (Å²) in [6.07, 6.45) is 10.6. The molecule has 5 nitrogen and oxygen atoms in total. The molecule has 2 aliphatic heterocycles. The number of hydrogen-bond acceptors (Lipinski definition) is 3. The number of urea groups is 1. The van der Waals surface area contributed by atoms with E-state index in [0.29, 0.717) is 18.1 Å². The fourth-order valence-corrected chi connectivity index (χ4v) is 4.62. The molecule has 2 saturated heterocycles. The summed E-state index contributed by atoms with van der Waals surface area (Å²) in [4.78, 5) is 19.8. The normalized spacial score (nSPS) is 38.8. The van der Waals surface area contributed by atoms with Crippen molar-refractivity contribution in [1.29, 1.82) is 0 Å². The third-order valence-corrected chi connectivity index (χ3v) is 5.82. The molecule has 0 aromatic rings. The van der Waals surface area contributed by atoms with Crippen LogP contribution in [0.4, 0.5) is 4.79 Å². The van der Waals surface area contributed by atoms with Crippen LogP contribution in [0.25, 0.3) is 0 Å². The summed E-state index contributed by atoms with van der Waals surface area (Å²) in [5, 5.41) is 6.69. The van der Waals surface area contributed by atoms with E-state index in [2.05, 4.69) is 22.5 Å². The van der Waals surface area contributed by atoms with Gasteiger partial charge in [-0.05, 0) is 52.0 Å². The number of nitrogens with zero attached hydrogens (tertiary/aromatic N) is 2. The van der Waals surface area contributed by atoms with Gasteiger partial charge in [0.25, 0.3) is 0 Å². The Morgan fingerprint density at radius 3 is 2.64 bits per heavy atom. The Kier molecular flexibility index (Phi) is 3.63. The standard InChI is InChI=1S/C17H28N4O/c1-12-11-17(9-10-18-12)15(19-13-5-3-2-4-6-13)20-16(22)21(17)14-7-8-14/h12-14,18H,2-11H2,1H3,(H,19,20,22). The van der Waals surface area contributed by atoms with E-state index in [-0.39, 0.29) is 11.6 Å². The number of amidine groups is 1. The predicted octanol–water partition coefficient (Wildman–Crippen LogP) is 2.42. The zero-order chi connectivity index (χ0) is 15.2. The number of aliphatic imine (C=N–C) groups is 1. The molecule has 0 aromatic heterocycles. The fraction of sp³-hybridized carbons (Fsp3) is 0.882. The molecule has 22 heavy (non-hydrogen) atoms. The second-order valence-electron chi connectivity index (χ2n) is 7.64. The lowest BCUT2D eigenvalue weighted by molar-refractivity contribution is 0.133. The van der Waals surface area contributed by atoms with Crippen LogP contribution in [0.15, 0.2) is 4.99 Å². The first-order valence-corrected chi connectivity index (χ1v) is 9.11. The highest BCUT2D eigenvalue weighted by atomic mass is 16.2. The summed E-state index contributed by atoms with van der Waals surface area (Å²) in [5.74, 6) is 0.990. The lowest BCUT2D eigenvalue weighted by Crippen LogP contribution is -2.59. The van der Waals surface area contributed by atoms with Gasteiger partial charge in [-0.2, -0.15) is 0 Å². The first kappa shape index (κ1) is 14.5. The topological polar surface area (TPSA) is 56.7 Å².